The summed E-state index contributed by atoms with van der Waals surface area (Å²) in [5.41, 5.74) is -1.81. The lowest BCUT2D eigenvalue weighted by atomic mass is 10.1. The SMILES string of the molecule is C/C(=C\c1cc(Oc2ccc(C(F)(F)F)cc2Cl)ccc1[N+](=O)[O-])[N+](=O)[O-]. The number of hydrogen-bond donors (Lipinski definition) is 0. The molecule has 7 nitrogen and oxygen atoms in total. The molecule has 142 valence electrons. The van der Waals surface area contributed by atoms with E-state index in [0.717, 1.165) is 37.3 Å². The number of nitro groups is 2. The first-order chi connectivity index (χ1) is 12.5. The molecule has 0 aliphatic rings. The summed E-state index contributed by atoms with van der Waals surface area (Å²) >= 11 is 5.80. The molecular weight excluding hydrogens is 393 g/mol. The maximum atomic E-state index is 12.7. The summed E-state index contributed by atoms with van der Waals surface area (Å²) in [5.74, 6) is -0.107. The predicted octanol–water partition coefficient (Wildman–Crippen LogP) is 5.70. The Balaban J connectivity index is 2.42. The van der Waals surface area contributed by atoms with Crippen molar-refractivity contribution < 1.29 is 27.8 Å². The maximum Gasteiger partial charge on any atom is 0.416 e. The van der Waals surface area contributed by atoms with Crippen LogP contribution in [-0.2, 0) is 6.18 Å². The van der Waals surface area contributed by atoms with Crippen molar-refractivity contribution in [3.63, 3.8) is 0 Å². The van der Waals surface area contributed by atoms with Gasteiger partial charge in [-0.1, -0.05) is 11.6 Å². The van der Waals surface area contributed by atoms with E-state index in [9.17, 15) is 33.4 Å². The molecule has 0 aromatic heterocycles. The molecule has 0 atom stereocenters. The number of allylic oxidation sites excluding steroid dienone is 1. The van der Waals surface area contributed by atoms with Crippen LogP contribution in [0.1, 0.15) is 18.1 Å². The van der Waals surface area contributed by atoms with Crippen molar-refractivity contribution in [2.24, 2.45) is 0 Å². The normalized spacial score (nSPS) is 12.0. The van der Waals surface area contributed by atoms with Gasteiger partial charge >= 0.3 is 6.18 Å². The van der Waals surface area contributed by atoms with Crippen LogP contribution in [-0.4, -0.2) is 9.85 Å². The maximum absolute atomic E-state index is 12.7. The molecule has 0 heterocycles. The number of benzene rings is 2. The summed E-state index contributed by atoms with van der Waals surface area (Å²) in [4.78, 5) is 20.4. The summed E-state index contributed by atoms with van der Waals surface area (Å²) in [7, 11) is 0. The number of rotatable bonds is 5. The number of ether oxygens (including phenoxy) is 1. The van der Waals surface area contributed by atoms with Gasteiger partial charge in [0, 0.05) is 19.1 Å². The second kappa shape index (κ2) is 7.62. The van der Waals surface area contributed by atoms with Crippen LogP contribution in [0.4, 0.5) is 18.9 Å². The van der Waals surface area contributed by atoms with Crippen LogP contribution in [0.25, 0.3) is 6.08 Å². The third-order valence-electron chi connectivity index (χ3n) is 3.34. The van der Waals surface area contributed by atoms with Crippen molar-refractivity contribution in [3.8, 4) is 11.5 Å². The summed E-state index contributed by atoms with van der Waals surface area (Å²) in [6.07, 6.45) is -3.59. The van der Waals surface area contributed by atoms with Gasteiger partial charge in [0.1, 0.15) is 11.5 Å². The molecule has 0 radical (unpaired) electrons. The average Bonchev–Trinajstić information content (AvgIpc) is 2.55. The van der Waals surface area contributed by atoms with Crippen LogP contribution < -0.4 is 4.74 Å². The Kier molecular flexibility index (Phi) is 5.69. The van der Waals surface area contributed by atoms with Crippen LogP contribution in [0.5, 0.6) is 11.5 Å². The highest BCUT2D eigenvalue weighted by Crippen LogP contribution is 2.37. The van der Waals surface area contributed by atoms with Crippen molar-refractivity contribution in [2.45, 2.75) is 13.1 Å². The molecule has 0 bridgehead atoms. The van der Waals surface area contributed by atoms with E-state index in [-0.39, 0.29) is 27.8 Å². The molecule has 2 aromatic rings. The van der Waals surface area contributed by atoms with E-state index >= 15 is 0 Å². The van der Waals surface area contributed by atoms with E-state index in [4.69, 9.17) is 16.3 Å². The molecule has 0 fully saturated rings. The molecule has 11 heteroatoms. The Hall–Kier alpha value is -3.14. The monoisotopic (exact) mass is 402 g/mol. The minimum atomic E-state index is -4.58. The van der Waals surface area contributed by atoms with Gasteiger partial charge in [-0.3, -0.25) is 20.2 Å². The molecule has 0 saturated heterocycles. The number of alkyl halides is 3. The van der Waals surface area contributed by atoms with Crippen LogP contribution in [0.15, 0.2) is 42.1 Å². The summed E-state index contributed by atoms with van der Waals surface area (Å²) in [6.45, 7) is 1.16. The van der Waals surface area contributed by atoms with Crippen molar-refractivity contribution in [1.29, 1.82) is 0 Å². The Morgan fingerprint density at radius 3 is 2.33 bits per heavy atom. The minimum absolute atomic E-state index is 0.00431. The smallest absolute Gasteiger partial charge is 0.416 e. The van der Waals surface area contributed by atoms with Crippen molar-refractivity contribution in [2.75, 3.05) is 0 Å². The van der Waals surface area contributed by atoms with Crippen molar-refractivity contribution in [1.82, 2.24) is 0 Å². The van der Waals surface area contributed by atoms with Gasteiger partial charge in [-0.25, -0.2) is 0 Å². The molecule has 27 heavy (non-hydrogen) atoms. The molecule has 0 spiro atoms. The number of hydrogen-bond acceptors (Lipinski definition) is 5. The molecule has 0 N–H and O–H groups in total. The molecule has 2 aromatic carbocycles. The Morgan fingerprint density at radius 2 is 1.81 bits per heavy atom. The highest BCUT2D eigenvalue weighted by Gasteiger charge is 2.31. The second-order valence-corrected chi connectivity index (χ2v) is 5.67. The third kappa shape index (κ3) is 4.94. The standard InChI is InChI=1S/C16H10ClF3N2O5/c1-9(21(23)24)6-10-7-12(3-4-14(10)22(25)26)27-15-5-2-11(8-13(15)17)16(18,19)20/h2-8H,1H3/b9-6+. The van der Waals surface area contributed by atoms with Crippen LogP contribution >= 0.6 is 11.6 Å². The summed E-state index contributed by atoms with van der Waals surface area (Å²) in [6, 6.07) is 5.87. The Bertz CT molecular complexity index is 944. The molecule has 0 saturated carbocycles. The topological polar surface area (TPSA) is 95.5 Å². The third-order valence-corrected chi connectivity index (χ3v) is 3.63. The van der Waals surface area contributed by atoms with Gasteiger partial charge in [0.2, 0.25) is 5.70 Å². The van der Waals surface area contributed by atoms with Gasteiger partial charge in [-0.2, -0.15) is 13.2 Å². The quantitative estimate of drug-likeness (QED) is 0.472. The van der Waals surface area contributed by atoms with Gasteiger partial charge in [0.15, 0.2) is 0 Å². The molecule has 0 unspecified atom stereocenters. The van der Waals surface area contributed by atoms with Gasteiger partial charge in [0.05, 0.1) is 26.0 Å². The Labute approximate surface area is 154 Å². The first-order valence-electron chi connectivity index (χ1n) is 7.15. The van der Waals surface area contributed by atoms with Gasteiger partial charge in [-0.15, -0.1) is 0 Å². The highest BCUT2D eigenvalue weighted by atomic mass is 35.5. The lowest BCUT2D eigenvalue weighted by Crippen LogP contribution is -2.04. The predicted molar refractivity (Wildman–Crippen MR) is 90.3 cm³/mol. The van der Waals surface area contributed by atoms with E-state index in [1.807, 2.05) is 0 Å². The number of halogens is 4. The molecule has 0 amide bonds. The van der Waals surface area contributed by atoms with Crippen LogP contribution in [0.2, 0.25) is 5.02 Å². The zero-order valence-corrected chi connectivity index (χ0v) is 14.2. The van der Waals surface area contributed by atoms with Gasteiger partial charge in [0.25, 0.3) is 5.69 Å². The number of nitro benzene ring substituents is 1. The fraction of sp³-hybridized carbons (Fsp3) is 0.125. The zero-order valence-electron chi connectivity index (χ0n) is 13.5. The largest absolute Gasteiger partial charge is 0.456 e. The molecular formula is C16H10ClF3N2O5. The fourth-order valence-corrected chi connectivity index (χ4v) is 2.26. The van der Waals surface area contributed by atoms with Crippen molar-refractivity contribution in [3.05, 3.63) is 78.5 Å². The summed E-state index contributed by atoms with van der Waals surface area (Å²) in [5, 5.41) is 21.5. The number of nitrogens with zero attached hydrogens (tertiary/aromatic N) is 2. The molecule has 0 aliphatic carbocycles. The lowest BCUT2D eigenvalue weighted by molar-refractivity contribution is -0.422. The zero-order chi connectivity index (χ0) is 20.4. The first-order valence-corrected chi connectivity index (χ1v) is 7.52. The lowest BCUT2D eigenvalue weighted by Gasteiger charge is -2.11. The summed E-state index contributed by atoms with van der Waals surface area (Å²) < 4.78 is 43.4. The van der Waals surface area contributed by atoms with E-state index in [0.29, 0.717) is 6.07 Å². The van der Waals surface area contributed by atoms with Crippen LogP contribution in [0, 0.1) is 20.2 Å². The Morgan fingerprint density at radius 1 is 1.15 bits per heavy atom. The van der Waals surface area contributed by atoms with Crippen molar-refractivity contribution >= 4 is 23.4 Å². The second-order valence-electron chi connectivity index (χ2n) is 5.27. The van der Waals surface area contributed by atoms with E-state index in [2.05, 4.69) is 0 Å². The minimum Gasteiger partial charge on any atom is -0.456 e. The van der Waals surface area contributed by atoms with Crippen LogP contribution in [0.3, 0.4) is 0 Å². The van der Waals surface area contributed by atoms with Gasteiger partial charge < -0.3 is 4.74 Å². The van der Waals surface area contributed by atoms with E-state index in [1.54, 1.807) is 0 Å². The molecule has 0 aliphatic heterocycles. The highest BCUT2D eigenvalue weighted by molar-refractivity contribution is 6.32. The average molecular weight is 403 g/mol. The van der Waals surface area contributed by atoms with E-state index in [1.165, 1.54) is 6.07 Å². The van der Waals surface area contributed by atoms with E-state index < -0.39 is 27.3 Å². The fourth-order valence-electron chi connectivity index (χ4n) is 2.04. The van der Waals surface area contributed by atoms with Gasteiger partial charge in [-0.05, 0) is 30.3 Å². The first kappa shape index (κ1) is 20.2. The molecule has 2 rings (SSSR count).